The van der Waals surface area contributed by atoms with Crippen LogP contribution < -0.4 is 4.90 Å². The fraction of sp³-hybridized carbons (Fsp3) is 0.0492. The Bertz CT molecular complexity index is 3310. The second-order valence-electron chi connectivity index (χ2n) is 16.8. The third kappa shape index (κ3) is 6.17. The number of benzene rings is 9. The van der Waals surface area contributed by atoms with Gasteiger partial charge in [0.25, 0.3) is 0 Å². The molecule has 12 rings (SSSR count). The molecule has 0 N–H and O–H groups in total. The molecule has 0 radical (unpaired) electrons. The summed E-state index contributed by atoms with van der Waals surface area (Å²) >= 11 is 0. The van der Waals surface area contributed by atoms with E-state index < -0.39 is 0 Å². The average molecular weight is 806 g/mol. The lowest BCUT2D eigenvalue weighted by Crippen LogP contribution is -2.35. The summed E-state index contributed by atoms with van der Waals surface area (Å²) in [5.41, 5.74) is 17.3. The molecule has 9 aromatic carbocycles. The van der Waals surface area contributed by atoms with E-state index in [0.29, 0.717) is 5.92 Å². The number of anilines is 3. The summed E-state index contributed by atoms with van der Waals surface area (Å²) in [6.45, 7) is 0. The van der Waals surface area contributed by atoms with E-state index in [-0.39, 0.29) is 11.3 Å². The van der Waals surface area contributed by atoms with Crippen LogP contribution >= 0.6 is 0 Å². The molecule has 3 atom stereocenters. The molecule has 0 bridgehead atoms. The highest BCUT2D eigenvalue weighted by molar-refractivity contribution is 6.06. The summed E-state index contributed by atoms with van der Waals surface area (Å²) in [5, 5.41) is 2.27. The van der Waals surface area contributed by atoms with Gasteiger partial charge in [-0.2, -0.15) is 0 Å². The fourth-order valence-corrected chi connectivity index (χ4v) is 10.5. The summed E-state index contributed by atoms with van der Waals surface area (Å²) in [4.78, 5) is 2.38. The quantitative estimate of drug-likeness (QED) is 0.152. The Morgan fingerprint density at radius 1 is 0.365 bits per heavy atom. The number of furan rings is 1. The molecule has 0 aliphatic heterocycles. The van der Waals surface area contributed by atoms with Crippen LogP contribution in [0.5, 0.6) is 0 Å². The van der Waals surface area contributed by atoms with Gasteiger partial charge in [-0.1, -0.05) is 194 Å². The normalized spacial score (nSPS) is 17.5. The highest BCUT2D eigenvalue weighted by Crippen LogP contribution is 2.59. The predicted molar refractivity (Wildman–Crippen MR) is 262 cm³/mol. The number of allylic oxidation sites excluding steroid dienone is 4. The van der Waals surface area contributed by atoms with Crippen molar-refractivity contribution in [2.45, 2.75) is 11.3 Å². The molecule has 3 unspecified atom stereocenters. The average Bonchev–Trinajstić information content (AvgIpc) is 3.89. The molecule has 0 saturated heterocycles. The van der Waals surface area contributed by atoms with E-state index in [0.717, 1.165) is 50.1 Å². The van der Waals surface area contributed by atoms with Crippen LogP contribution in [0.2, 0.25) is 0 Å². The Morgan fingerprint density at radius 3 is 1.52 bits per heavy atom. The maximum atomic E-state index is 6.15. The third-order valence-electron chi connectivity index (χ3n) is 13.5. The predicted octanol–water partition coefficient (Wildman–Crippen LogP) is 16.2. The van der Waals surface area contributed by atoms with Gasteiger partial charge in [0.05, 0.1) is 5.41 Å². The zero-order valence-electron chi connectivity index (χ0n) is 34.7. The van der Waals surface area contributed by atoms with Crippen molar-refractivity contribution in [2.75, 3.05) is 4.90 Å². The monoisotopic (exact) mass is 805 g/mol. The van der Waals surface area contributed by atoms with Gasteiger partial charge in [0.2, 0.25) is 0 Å². The van der Waals surface area contributed by atoms with E-state index in [1.165, 1.54) is 44.5 Å². The number of nitrogens with zero attached hydrogens (tertiary/aromatic N) is 1. The van der Waals surface area contributed by atoms with E-state index in [9.17, 15) is 0 Å². The smallest absolute Gasteiger partial charge is 0.135 e. The Balaban J connectivity index is 0.947. The molecule has 63 heavy (non-hydrogen) atoms. The van der Waals surface area contributed by atoms with E-state index in [1.807, 2.05) is 12.1 Å². The van der Waals surface area contributed by atoms with Crippen LogP contribution in [-0.2, 0) is 5.41 Å². The van der Waals surface area contributed by atoms with E-state index in [2.05, 4.69) is 242 Å². The van der Waals surface area contributed by atoms with E-state index in [1.54, 1.807) is 0 Å². The lowest BCUT2D eigenvalue weighted by atomic mass is 9.63. The van der Waals surface area contributed by atoms with Gasteiger partial charge < -0.3 is 9.32 Å². The van der Waals surface area contributed by atoms with E-state index in [4.69, 9.17) is 4.42 Å². The Morgan fingerprint density at radius 2 is 0.841 bits per heavy atom. The molecule has 0 spiro atoms. The van der Waals surface area contributed by atoms with Crippen LogP contribution in [0, 0.1) is 5.92 Å². The minimum atomic E-state index is -0.339. The summed E-state index contributed by atoms with van der Waals surface area (Å²) in [7, 11) is 0. The Hall–Kier alpha value is -7.94. The lowest BCUT2D eigenvalue weighted by molar-refractivity contribution is 0.457. The van der Waals surface area contributed by atoms with Crippen molar-refractivity contribution in [3.05, 3.63) is 271 Å². The van der Waals surface area contributed by atoms with Crippen molar-refractivity contribution in [3.63, 3.8) is 0 Å². The number of rotatable bonds is 8. The molecule has 0 amide bonds. The molecule has 1 heterocycles. The molecule has 298 valence electrons. The van der Waals surface area contributed by atoms with Gasteiger partial charge in [-0.15, -0.1) is 0 Å². The van der Waals surface area contributed by atoms with Crippen molar-refractivity contribution >= 4 is 39.0 Å². The zero-order valence-corrected chi connectivity index (χ0v) is 34.7. The first-order valence-electron chi connectivity index (χ1n) is 21.9. The minimum absolute atomic E-state index is 0.255. The second-order valence-corrected chi connectivity index (χ2v) is 16.8. The molecule has 2 aliphatic carbocycles. The van der Waals surface area contributed by atoms with Crippen molar-refractivity contribution in [2.24, 2.45) is 5.92 Å². The number of hydrogen-bond donors (Lipinski definition) is 0. The number of para-hydroxylation sites is 1. The number of fused-ring (bicyclic) bond motifs is 6. The van der Waals surface area contributed by atoms with Crippen molar-refractivity contribution < 1.29 is 4.42 Å². The maximum absolute atomic E-state index is 6.15. The molecule has 1 aromatic heterocycles. The van der Waals surface area contributed by atoms with Crippen LogP contribution in [0.15, 0.2) is 253 Å². The van der Waals surface area contributed by atoms with Gasteiger partial charge in [-0.05, 0) is 110 Å². The summed E-state index contributed by atoms with van der Waals surface area (Å²) in [5.74, 6) is 0.562. The minimum Gasteiger partial charge on any atom is -0.456 e. The lowest BCUT2D eigenvalue weighted by Gasteiger charge is -2.39. The molecule has 2 aliphatic rings. The molecular formula is C61H43NO. The molecule has 0 saturated carbocycles. The Kier molecular flexibility index (Phi) is 8.90. The number of hydrogen-bond acceptors (Lipinski definition) is 2. The summed E-state index contributed by atoms with van der Waals surface area (Å²) in [6, 6.07) is 81.8. The van der Waals surface area contributed by atoms with Crippen molar-refractivity contribution in [1.82, 2.24) is 0 Å². The van der Waals surface area contributed by atoms with Crippen LogP contribution in [0.25, 0.3) is 55.3 Å². The van der Waals surface area contributed by atoms with E-state index >= 15 is 0 Å². The first-order valence-corrected chi connectivity index (χ1v) is 21.9. The maximum Gasteiger partial charge on any atom is 0.135 e. The molecule has 0 fully saturated rings. The molecular weight excluding hydrogens is 763 g/mol. The van der Waals surface area contributed by atoms with Crippen LogP contribution in [0.4, 0.5) is 17.1 Å². The Labute approximate surface area is 368 Å². The van der Waals surface area contributed by atoms with Crippen LogP contribution in [-0.4, -0.2) is 0 Å². The largest absolute Gasteiger partial charge is 0.456 e. The van der Waals surface area contributed by atoms with Crippen molar-refractivity contribution in [1.29, 1.82) is 0 Å². The van der Waals surface area contributed by atoms with Gasteiger partial charge >= 0.3 is 0 Å². The second kappa shape index (κ2) is 15.2. The third-order valence-corrected chi connectivity index (χ3v) is 13.5. The van der Waals surface area contributed by atoms with Crippen LogP contribution in [0.1, 0.15) is 28.2 Å². The first kappa shape index (κ1) is 36.9. The molecule has 2 nitrogen and oxygen atoms in total. The fourth-order valence-electron chi connectivity index (χ4n) is 10.5. The summed E-state index contributed by atoms with van der Waals surface area (Å²) in [6.07, 6.45) is 9.28. The van der Waals surface area contributed by atoms with Gasteiger partial charge in [0.15, 0.2) is 0 Å². The van der Waals surface area contributed by atoms with Gasteiger partial charge in [0, 0.05) is 39.7 Å². The topological polar surface area (TPSA) is 16.4 Å². The highest BCUT2D eigenvalue weighted by atomic mass is 16.3. The molecule has 10 aromatic rings. The molecule has 2 heteroatoms. The van der Waals surface area contributed by atoms with Crippen molar-refractivity contribution in [3.8, 4) is 33.4 Å². The van der Waals surface area contributed by atoms with Gasteiger partial charge in [-0.25, -0.2) is 0 Å². The van der Waals surface area contributed by atoms with Gasteiger partial charge in [-0.3, -0.25) is 0 Å². The SMILES string of the molecule is C1=CC2c3ccccc3C(c3ccccc3)(c3ccc(N(c4ccc(-c5ccc(-c6ccccc6)cc5)cc4)c4ccc(-c5ccc6oc7ccccc7c6c5)cc4)cc3)C2C=C1. The highest BCUT2D eigenvalue weighted by Gasteiger charge is 2.52. The zero-order chi connectivity index (χ0) is 41.7. The van der Waals surface area contributed by atoms with Crippen LogP contribution in [0.3, 0.4) is 0 Å². The van der Waals surface area contributed by atoms with Gasteiger partial charge in [0.1, 0.15) is 11.2 Å². The standard InChI is InChI=1S/C61H43NO/c1-3-13-42(14-4-1)43-23-25-44(26-24-43)45-27-34-50(35-28-45)62(51-36-29-46(30-37-51)47-31-40-60-56(41-47)55-19-9-12-22-59(55)63-60)52-38-32-49(33-39-52)61(48-15-5-2-6-16-48)57-20-10-7-17-53(57)54-18-8-11-21-58(54)61/h1-41,53,57H. The summed E-state index contributed by atoms with van der Waals surface area (Å²) < 4.78 is 6.15. The first-order chi connectivity index (χ1) is 31.2.